The third-order valence-corrected chi connectivity index (χ3v) is 14.7. The van der Waals surface area contributed by atoms with Crippen LogP contribution in [0.5, 0.6) is 11.5 Å². The van der Waals surface area contributed by atoms with E-state index in [1.807, 2.05) is 54.6 Å². The highest BCUT2D eigenvalue weighted by Crippen LogP contribution is 2.67. The van der Waals surface area contributed by atoms with Crippen molar-refractivity contribution < 1.29 is 14.3 Å². The van der Waals surface area contributed by atoms with Gasteiger partial charge in [-0.3, -0.25) is 4.79 Å². The first-order valence-electron chi connectivity index (χ1n) is 21.0. The molecule has 3 fully saturated rings. The Morgan fingerprint density at radius 3 is 2.33 bits per heavy atom. The molecule has 4 aliphatic rings. The Balaban J connectivity index is 0.990. The molecule has 4 aliphatic carbocycles. The number of ketones is 1. The fraction of sp³-hybridized carbons (Fsp3) is 0.646. The van der Waals surface area contributed by atoms with Gasteiger partial charge in [0.05, 0.1) is 6.61 Å². The van der Waals surface area contributed by atoms with Gasteiger partial charge in [0, 0.05) is 16.8 Å². The smallest absolute Gasteiger partial charge is 0.185 e. The lowest BCUT2D eigenvalue weighted by Crippen LogP contribution is -2.51. The molecule has 0 heterocycles. The predicted octanol–water partition coefficient (Wildman–Crippen LogP) is 13.7. The quantitative estimate of drug-likeness (QED) is 0.0561. The molecule has 52 heavy (non-hydrogen) atoms. The lowest BCUT2D eigenvalue weighted by atomic mass is 9.47. The van der Waals surface area contributed by atoms with E-state index in [9.17, 15) is 4.79 Å². The summed E-state index contributed by atoms with van der Waals surface area (Å²) in [5.41, 5.74) is 4.20. The molecule has 0 aromatic heterocycles. The zero-order chi connectivity index (χ0) is 36.9. The van der Waals surface area contributed by atoms with Crippen molar-refractivity contribution in [3.05, 3.63) is 77.4 Å². The zero-order valence-electron chi connectivity index (χ0n) is 33.2. The Hall–Kier alpha value is -2.33. The van der Waals surface area contributed by atoms with E-state index in [4.69, 9.17) is 9.47 Å². The van der Waals surface area contributed by atoms with Crippen LogP contribution in [0, 0.1) is 46.3 Å². The van der Waals surface area contributed by atoms with Crippen LogP contribution in [0.1, 0.15) is 147 Å². The van der Waals surface area contributed by atoms with Gasteiger partial charge in [0.15, 0.2) is 5.78 Å². The van der Waals surface area contributed by atoms with Crippen molar-refractivity contribution in [2.75, 3.05) is 6.61 Å². The van der Waals surface area contributed by atoms with Crippen LogP contribution in [0.15, 0.2) is 66.3 Å². The SMILES string of the molecule is CC(C)CCC[C@@H](C)[C@H]1CC[C@H]2[C@@H]3CC=C4C[C@@H](Oc5ccc(C(=O)/C=C/c6ccc(OCCCCC(C)Br)cc6)cc5)CC[C@]4(C)[C@H]3CC[C@]12C. The highest BCUT2D eigenvalue weighted by molar-refractivity contribution is 9.09. The summed E-state index contributed by atoms with van der Waals surface area (Å²) in [4.78, 5) is 13.5. The fourth-order valence-corrected chi connectivity index (χ4v) is 11.6. The van der Waals surface area contributed by atoms with Crippen molar-refractivity contribution in [3.8, 4) is 11.5 Å². The van der Waals surface area contributed by atoms with Gasteiger partial charge in [0.25, 0.3) is 0 Å². The van der Waals surface area contributed by atoms with Gasteiger partial charge in [0.2, 0.25) is 0 Å². The summed E-state index contributed by atoms with van der Waals surface area (Å²) < 4.78 is 12.5. The topological polar surface area (TPSA) is 35.5 Å². The van der Waals surface area contributed by atoms with Gasteiger partial charge in [0.1, 0.15) is 17.6 Å². The summed E-state index contributed by atoms with van der Waals surface area (Å²) in [5.74, 6) is 6.93. The molecule has 0 radical (unpaired) electrons. The first-order valence-corrected chi connectivity index (χ1v) is 21.9. The molecule has 0 N–H and O–H groups in total. The normalized spacial score (nSPS) is 31.0. The van der Waals surface area contributed by atoms with E-state index in [1.165, 1.54) is 57.8 Å². The zero-order valence-corrected chi connectivity index (χ0v) is 34.8. The van der Waals surface area contributed by atoms with E-state index >= 15 is 0 Å². The van der Waals surface area contributed by atoms with Crippen LogP contribution in [0.25, 0.3) is 6.08 Å². The molecule has 2 aromatic rings. The Labute approximate surface area is 324 Å². The average molecular weight is 772 g/mol. The number of ether oxygens (including phenoxy) is 2. The van der Waals surface area contributed by atoms with Gasteiger partial charge >= 0.3 is 0 Å². The first-order chi connectivity index (χ1) is 25.0. The maximum Gasteiger partial charge on any atom is 0.185 e. The van der Waals surface area contributed by atoms with Crippen LogP contribution in [-0.4, -0.2) is 23.3 Å². The minimum absolute atomic E-state index is 0.000919. The van der Waals surface area contributed by atoms with Crippen molar-refractivity contribution in [3.63, 3.8) is 0 Å². The van der Waals surface area contributed by atoms with E-state index in [0.29, 0.717) is 21.2 Å². The number of benzene rings is 2. The second-order valence-corrected chi connectivity index (χ2v) is 19.8. The third-order valence-electron chi connectivity index (χ3n) is 14.3. The van der Waals surface area contributed by atoms with Gasteiger partial charge in [-0.15, -0.1) is 0 Å². The summed E-state index contributed by atoms with van der Waals surface area (Å²) in [5, 5.41) is 0. The molecule has 3 saturated carbocycles. The van der Waals surface area contributed by atoms with Crippen molar-refractivity contribution >= 4 is 27.8 Å². The fourth-order valence-electron chi connectivity index (χ4n) is 11.3. The van der Waals surface area contributed by atoms with E-state index in [-0.39, 0.29) is 11.9 Å². The summed E-state index contributed by atoms with van der Waals surface area (Å²) in [6, 6.07) is 15.7. The number of rotatable bonds is 16. The summed E-state index contributed by atoms with van der Waals surface area (Å²) in [6.45, 7) is 15.6. The molecule has 6 rings (SSSR count). The summed E-state index contributed by atoms with van der Waals surface area (Å²) >= 11 is 3.60. The maximum absolute atomic E-state index is 13.0. The lowest BCUT2D eigenvalue weighted by Gasteiger charge is -2.58. The molecule has 2 aromatic carbocycles. The average Bonchev–Trinajstić information content (AvgIpc) is 3.48. The van der Waals surface area contributed by atoms with Crippen LogP contribution in [0.2, 0.25) is 0 Å². The second-order valence-electron chi connectivity index (χ2n) is 18.2. The molecule has 0 amide bonds. The van der Waals surface area contributed by atoms with Gasteiger partial charge in [-0.1, -0.05) is 107 Å². The number of hydrogen-bond donors (Lipinski definition) is 0. The van der Waals surface area contributed by atoms with Crippen molar-refractivity contribution in [1.82, 2.24) is 0 Å². The van der Waals surface area contributed by atoms with Gasteiger partial charge in [-0.2, -0.15) is 0 Å². The van der Waals surface area contributed by atoms with E-state index in [0.717, 1.165) is 91.3 Å². The molecular formula is C48H67BrO3. The highest BCUT2D eigenvalue weighted by atomic mass is 79.9. The Morgan fingerprint density at radius 2 is 1.60 bits per heavy atom. The van der Waals surface area contributed by atoms with Crippen molar-refractivity contribution in [2.24, 2.45) is 46.3 Å². The van der Waals surface area contributed by atoms with E-state index in [2.05, 4.69) is 63.5 Å². The molecule has 9 atom stereocenters. The Bertz CT molecular complexity index is 1520. The number of fused-ring (bicyclic) bond motifs is 5. The molecule has 4 heteroatoms. The Morgan fingerprint density at radius 1 is 0.846 bits per heavy atom. The van der Waals surface area contributed by atoms with Crippen molar-refractivity contribution in [1.29, 1.82) is 0 Å². The van der Waals surface area contributed by atoms with Gasteiger partial charge < -0.3 is 9.47 Å². The van der Waals surface area contributed by atoms with Crippen LogP contribution in [0.4, 0.5) is 0 Å². The van der Waals surface area contributed by atoms with Crippen molar-refractivity contribution in [2.45, 2.75) is 142 Å². The molecule has 0 aliphatic heterocycles. The summed E-state index contributed by atoms with van der Waals surface area (Å²) in [6.07, 6.45) is 24.4. The van der Waals surface area contributed by atoms with Crippen LogP contribution < -0.4 is 9.47 Å². The van der Waals surface area contributed by atoms with Gasteiger partial charge in [-0.25, -0.2) is 0 Å². The number of hydrogen-bond acceptors (Lipinski definition) is 3. The van der Waals surface area contributed by atoms with Crippen LogP contribution in [0.3, 0.4) is 0 Å². The standard InChI is InChI=1S/C48H67BrO3/c1-33(2)10-9-11-34(3)43-24-25-44-42-23-18-38-32-41(27-29-47(38,5)45(42)28-30-48(43,44)6)52-40-21-16-37(17-22-40)46(50)26-15-36-13-19-39(20-14-36)51-31-8-7-12-35(4)49/h13-22,26,33-35,41-45H,7-12,23-25,27-32H2,1-6H3/b26-15+/t34-,35?,41+,42+,43-,44+,45+,47+,48-/m1/s1. The summed E-state index contributed by atoms with van der Waals surface area (Å²) in [7, 11) is 0. The van der Waals surface area contributed by atoms with Crippen LogP contribution >= 0.6 is 15.9 Å². The number of unbranched alkanes of at least 4 members (excludes halogenated alkanes) is 1. The number of carbonyl (C=O) groups is 1. The number of alkyl halides is 1. The predicted molar refractivity (Wildman–Crippen MR) is 221 cm³/mol. The van der Waals surface area contributed by atoms with Gasteiger partial charge in [-0.05, 0) is 159 Å². The molecule has 0 bridgehead atoms. The molecular weight excluding hydrogens is 704 g/mol. The maximum atomic E-state index is 13.0. The lowest BCUT2D eigenvalue weighted by molar-refractivity contribution is -0.0559. The number of halogens is 1. The monoisotopic (exact) mass is 770 g/mol. The molecule has 0 spiro atoms. The molecule has 3 nitrogen and oxygen atoms in total. The minimum Gasteiger partial charge on any atom is -0.494 e. The highest BCUT2D eigenvalue weighted by Gasteiger charge is 2.59. The molecule has 1 unspecified atom stereocenters. The van der Waals surface area contributed by atoms with Crippen LogP contribution in [-0.2, 0) is 0 Å². The molecule has 284 valence electrons. The minimum atomic E-state index is 0.000919. The largest absolute Gasteiger partial charge is 0.494 e. The van der Waals surface area contributed by atoms with E-state index < -0.39 is 0 Å². The van der Waals surface area contributed by atoms with E-state index in [1.54, 1.807) is 11.6 Å². The first kappa shape index (κ1) is 39.4. The third kappa shape index (κ3) is 9.13. The number of carbonyl (C=O) groups excluding carboxylic acids is 1. The Kier molecular flexibility index (Phi) is 13.2. The molecule has 0 saturated heterocycles. The number of allylic oxidation sites excluding steroid dienone is 2. The second kappa shape index (κ2) is 17.4.